The Kier molecular flexibility index (Phi) is 2.76. The number of likely N-dealkylation sites (tertiary alicyclic amines) is 1. The molecule has 0 spiro atoms. The van der Waals surface area contributed by atoms with E-state index in [1.54, 1.807) is 4.52 Å². The van der Waals surface area contributed by atoms with E-state index < -0.39 is 0 Å². The van der Waals surface area contributed by atoms with Gasteiger partial charge < -0.3 is 4.90 Å². The van der Waals surface area contributed by atoms with Crippen molar-refractivity contribution < 1.29 is 0 Å². The van der Waals surface area contributed by atoms with Crippen LogP contribution in [0, 0.1) is 0 Å². The molecule has 1 fully saturated rings. The second-order valence-electron chi connectivity index (χ2n) is 4.63. The summed E-state index contributed by atoms with van der Waals surface area (Å²) < 4.78 is 1.70. The Hall–Kier alpha value is -1.13. The summed E-state index contributed by atoms with van der Waals surface area (Å²) in [6.07, 6.45) is 3.42. The van der Waals surface area contributed by atoms with Gasteiger partial charge in [-0.2, -0.15) is 0 Å². The number of aromatic nitrogens is 3. The van der Waals surface area contributed by atoms with Gasteiger partial charge in [0.15, 0.2) is 11.5 Å². The fourth-order valence-electron chi connectivity index (χ4n) is 2.45. The van der Waals surface area contributed by atoms with Crippen molar-refractivity contribution in [2.75, 3.05) is 13.6 Å². The zero-order valence-electron chi connectivity index (χ0n) is 9.80. The van der Waals surface area contributed by atoms with Crippen LogP contribution >= 0.6 is 11.6 Å². The lowest BCUT2D eigenvalue weighted by Crippen LogP contribution is -2.27. The number of hydrogen-bond donors (Lipinski definition) is 0. The van der Waals surface area contributed by atoms with Crippen LogP contribution in [0.25, 0.3) is 5.65 Å². The van der Waals surface area contributed by atoms with Gasteiger partial charge in [0.1, 0.15) is 5.15 Å². The van der Waals surface area contributed by atoms with Crippen LogP contribution in [0.5, 0.6) is 0 Å². The number of likely N-dealkylation sites (N-methyl/N-ethyl adjacent to an activating group) is 1. The summed E-state index contributed by atoms with van der Waals surface area (Å²) in [5.41, 5.74) is 0.827. The van der Waals surface area contributed by atoms with E-state index in [2.05, 4.69) is 22.0 Å². The summed E-state index contributed by atoms with van der Waals surface area (Å²) in [5, 5.41) is 5.07. The van der Waals surface area contributed by atoms with Crippen molar-refractivity contribution >= 4 is 17.2 Å². The molecule has 3 heterocycles. The quantitative estimate of drug-likeness (QED) is 0.765. The highest BCUT2D eigenvalue weighted by atomic mass is 35.5. The predicted octanol–water partition coefficient (Wildman–Crippen LogP) is 2.02. The molecular weight excluding hydrogens is 236 g/mol. The first-order valence-electron chi connectivity index (χ1n) is 5.94. The van der Waals surface area contributed by atoms with Crippen molar-refractivity contribution in [2.45, 2.75) is 25.3 Å². The molecule has 0 aromatic carbocycles. The first-order valence-corrected chi connectivity index (χ1v) is 6.32. The maximum absolute atomic E-state index is 6.07. The number of nitrogens with zero attached hydrogens (tertiary/aromatic N) is 4. The van der Waals surface area contributed by atoms with Crippen LogP contribution in [0.3, 0.4) is 0 Å². The molecule has 3 rings (SSSR count). The molecule has 1 saturated heterocycles. The Bertz CT molecular complexity index is 536. The minimum atomic E-state index is 0.575. The molecule has 0 aliphatic carbocycles. The Morgan fingerprint density at radius 3 is 3.06 bits per heavy atom. The maximum atomic E-state index is 6.07. The summed E-state index contributed by atoms with van der Waals surface area (Å²) in [7, 11) is 2.17. The topological polar surface area (TPSA) is 33.4 Å². The SMILES string of the molecule is CN1CCCC1Cc1nc2cccc(Cl)n2n1. The molecule has 1 aliphatic rings. The minimum Gasteiger partial charge on any atom is -0.303 e. The molecule has 4 nitrogen and oxygen atoms in total. The summed E-state index contributed by atoms with van der Waals surface area (Å²) >= 11 is 6.07. The Labute approximate surface area is 105 Å². The van der Waals surface area contributed by atoms with Gasteiger partial charge in [-0.15, -0.1) is 5.10 Å². The second-order valence-corrected chi connectivity index (χ2v) is 5.01. The zero-order chi connectivity index (χ0) is 11.8. The van der Waals surface area contributed by atoms with Crippen molar-refractivity contribution in [1.82, 2.24) is 19.5 Å². The third-order valence-corrected chi connectivity index (χ3v) is 3.73. The molecule has 0 bridgehead atoms. The van der Waals surface area contributed by atoms with E-state index in [0.717, 1.165) is 17.9 Å². The summed E-state index contributed by atoms with van der Waals surface area (Å²) in [6.45, 7) is 1.18. The summed E-state index contributed by atoms with van der Waals surface area (Å²) in [4.78, 5) is 6.89. The van der Waals surface area contributed by atoms with Gasteiger partial charge in [0.05, 0.1) is 0 Å². The molecule has 1 aliphatic heterocycles. The van der Waals surface area contributed by atoms with Gasteiger partial charge in [-0.1, -0.05) is 17.7 Å². The van der Waals surface area contributed by atoms with E-state index in [1.165, 1.54) is 19.4 Å². The van der Waals surface area contributed by atoms with Crippen LogP contribution in [0.1, 0.15) is 18.7 Å². The smallest absolute Gasteiger partial charge is 0.157 e. The van der Waals surface area contributed by atoms with Crippen LogP contribution < -0.4 is 0 Å². The maximum Gasteiger partial charge on any atom is 0.157 e. The molecule has 0 N–H and O–H groups in total. The van der Waals surface area contributed by atoms with Crippen LogP contribution in [-0.4, -0.2) is 39.1 Å². The molecular formula is C12H15ClN4. The average Bonchev–Trinajstić information content (AvgIpc) is 2.87. The molecule has 17 heavy (non-hydrogen) atoms. The van der Waals surface area contributed by atoms with Crippen molar-refractivity contribution in [3.05, 3.63) is 29.2 Å². The first kappa shape index (κ1) is 11.0. The lowest BCUT2D eigenvalue weighted by atomic mass is 10.1. The van der Waals surface area contributed by atoms with E-state index in [1.807, 2.05) is 18.2 Å². The first-order chi connectivity index (χ1) is 8.24. The number of hydrogen-bond acceptors (Lipinski definition) is 3. The number of halogens is 1. The highest BCUT2D eigenvalue weighted by molar-refractivity contribution is 6.29. The van der Waals surface area contributed by atoms with Gasteiger partial charge in [-0.05, 0) is 38.6 Å². The van der Waals surface area contributed by atoms with Crippen molar-refractivity contribution in [3.8, 4) is 0 Å². The highest BCUT2D eigenvalue weighted by Crippen LogP contribution is 2.19. The standard InChI is InChI=1S/C12H15ClN4/c1-16-7-3-4-9(16)8-11-14-12-6-2-5-10(13)17(12)15-11/h2,5-6,9H,3-4,7-8H2,1H3. The average molecular weight is 251 g/mol. The third-order valence-electron chi connectivity index (χ3n) is 3.45. The Morgan fingerprint density at radius 2 is 2.35 bits per heavy atom. The van der Waals surface area contributed by atoms with E-state index in [4.69, 9.17) is 11.6 Å². The zero-order valence-corrected chi connectivity index (χ0v) is 10.6. The van der Waals surface area contributed by atoms with Gasteiger partial charge in [-0.25, -0.2) is 9.50 Å². The monoisotopic (exact) mass is 250 g/mol. The van der Waals surface area contributed by atoms with E-state index in [9.17, 15) is 0 Å². The molecule has 2 aromatic heterocycles. The van der Waals surface area contributed by atoms with E-state index in [-0.39, 0.29) is 0 Å². The van der Waals surface area contributed by atoms with Gasteiger partial charge in [0.2, 0.25) is 0 Å². The van der Waals surface area contributed by atoms with Crippen molar-refractivity contribution in [1.29, 1.82) is 0 Å². The van der Waals surface area contributed by atoms with Crippen molar-refractivity contribution in [3.63, 3.8) is 0 Å². The Balaban J connectivity index is 1.88. The minimum absolute atomic E-state index is 0.575. The predicted molar refractivity (Wildman–Crippen MR) is 67.4 cm³/mol. The van der Waals surface area contributed by atoms with Gasteiger partial charge in [0.25, 0.3) is 0 Å². The van der Waals surface area contributed by atoms with E-state index in [0.29, 0.717) is 11.2 Å². The largest absolute Gasteiger partial charge is 0.303 e. The fourth-order valence-corrected chi connectivity index (χ4v) is 2.65. The molecule has 1 unspecified atom stereocenters. The Morgan fingerprint density at radius 1 is 1.47 bits per heavy atom. The molecule has 0 saturated carbocycles. The third kappa shape index (κ3) is 2.03. The number of fused-ring (bicyclic) bond motifs is 1. The number of pyridine rings is 1. The number of rotatable bonds is 2. The van der Waals surface area contributed by atoms with Crippen LogP contribution in [0.15, 0.2) is 18.2 Å². The molecule has 1 atom stereocenters. The summed E-state index contributed by atoms with van der Waals surface area (Å²) in [5.74, 6) is 0.886. The molecule has 2 aromatic rings. The van der Waals surface area contributed by atoms with Gasteiger partial charge in [-0.3, -0.25) is 0 Å². The molecule has 0 amide bonds. The van der Waals surface area contributed by atoms with Gasteiger partial charge in [0, 0.05) is 12.5 Å². The molecule has 5 heteroatoms. The van der Waals surface area contributed by atoms with Crippen molar-refractivity contribution in [2.24, 2.45) is 0 Å². The van der Waals surface area contributed by atoms with Crippen LogP contribution in [-0.2, 0) is 6.42 Å². The fraction of sp³-hybridized carbons (Fsp3) is 0.500. The van der Waals surface area contributed by atoms with Crippen LogP contribution in [0.2, 0.25) is 5.15 Å². The molecule has 90 valence electrons. The lowest BCUT2D eigenvalue weighted by Gasteiger charge is -2.17. The lowest BCUT2D eigenvalue weighted by molar-refractivity contribution is 0.306. The van der Waals surface area contributed by atoms with Crippen LogP contribution in [0.4, 0.5) is 0 Å². The highest BCUT2D eigenvalue weighted by Gasteiger charge is 2.22. The van der Waals surface area contributed by atoms with Gasteiger partial charge >= 0.3 is 0 Å². The van der Waals surface area contributed by atoms with E-state index >= 15 is 0 Å². The second kappa shape index (κ2) is 4.27. The summed E-state index contributed by atoms with van der Waals surface area (Å²) in [6, 6.07) is 6.24. The normalized spacial score (nSPS) is 21.4. The molecule has 0 radical (unpaired) electrons.